The second-order valence-corrected chi connectivity index (χ2v) is 5.70. The Kier molecular flexibility index (Phi) is 4.21. The van der Waals surface area contributed by atoms with E-state index >= 15 is 0 Å². The monoisotopic (exact) mass is 295 g/mol. The first kappa shape index (κ1) is 12.6. The highest BCUT2D eigenvalue weighted by Crippen LogP contribution is 2.30. The Morgan fingerprint density at radius 3 is 2.71 bits per heavy atom. The predicted molar refractivity (Wildman–Crippen MR) is 72.6 cm³/mol. The summed E-state index contributed by atoms with van der Waals surface area (Å²) in [5, 5.41) is 0. The van der Waals surface area contributed by atoms with Gasteiger partial charge in [-0.2, -0.15) is 0 Å². The molecule has 0 atom stereocenters. The van der Waals surface area contributed by atoms with E-state index in [1.807, 2.05) is 30.1 Å². The Labute approximate surface area is 111 Å². The molecule has 0 heterocycles. The first-order valence-electron chi connectivity index (χ1n) is 6.14. The van der Waals surface area contributed by atoms with Gasteiger partial charge in [-0.3, -0.25) is 4.79 Å². The molecule has 0 unspecified atom stereocenters. The van der Waals surface area contributed by atoms with Crippen molar-refractivity contribution >= 4 is 21.8 Å². The number of carbonyl (C=O) groups is 1. The van der Waals surface area contributed by atoms with E-state index in [9.17, 15) is 4.79 Å². The van der Waals surface area contributed by atoms with Crippen LogP contribution in [0.3, 0.4) is 0 Å². The number of carbonyl (C=O) groups excluding carboxylic acids is 1. The van der Waals surface area contributed by atoms with Gasteiger partial charge in [-0.25, -0.2) is 0 Å². The summed E-state index contributed by atoms with van der Waals surface area (Å²) >= 11 is 3.51. The largest absolute Gasteiger partial charge is 0.341 e. The molecule has 0 spiro atoms. The summed E-state index contributed by atoms with van der Waals surface area (Å²) in [6, 6.07) is 8.06. The van der Waals surface area contributed by atoms with Crippen LogP contribution in [0.4, 0.5) is 0 Å². The fourth-order valence-corrected chi connectivity index (χ4v) is 2.48. The molecule has 1 aromatic carbocycles. The van der Waals surface area contributed by atoms with E-state index < -0.39 is 0 Å². The average Bonchev–Trinajstić information content (AvgIpc) is 2.26. The third kappa shape index (κ3) is 3.32. The van der Waals surface area contributed by atoms with Gasteiger partial charge in [0.05, 0.1) is 0 Å². The lowest BCUT2D eigenvalue weighted by Gasteiger charge is -2.27. The molecule has 1 fully saturated rings. The van der Waals surface area contributed by atoms with Gasteiger partial charge in [-0.15, -0.1) is 0 Å². The summed E-state index contributed by atoms with van der Waals surface area (Å²) in [6.45, 7) is 0.687. The maximum Gasteiger partial charge on any atom is 0.222 e. The number of hydrogen-bond acceptors (Lipinski definition) is 1. The van der Waals surface area contributed by atoms with Crippen LogP contribution in [0, 0.1) is 5.92 Å². The third-order valence-electron chi connectivity index (χ3n) is 3.48. The zero-order valence-corrected chi connectivity index (χ0v) is 11.7. The van der Waals surface area contributed by atoms with Crippen molar-refractivity contribution in [3.8, 4) is 0 Å². The van der Waals surface area contributed by atoms with Crippen LogP contribution in [0.5, 0.6) is 0 Å². The van der Waals surface area contributed by atoms with Gasteiger partial charge in [0.2, 0.25) is 5.91 Å². The molecule has 1 aromatic rings. The van der Waals surface area contributed by atoms with Gasteiger partial charge in [0.15, 0.2) is 0 Å². The summed E-state index contributed by atoms with van der Waals surface area (Å²) in [4.78, 5) is 13.8. The van der Waals surface area contributed by atoms with Crippen LogP contribution in [0.1, 0.15) is 31.2 Å². The lowest BCUT2D eigenvalue weighted by Crippen LogP contribution is -2.29. The molecule has 0 aliphatic heterocycles. The van der Waals surface area contributed by atoms with E-state index in [0.717, 1.165) is 16.5 Å². The standard InChI is InChI=1S/C14H18BrNO/c1-16(14(17)9-11-5-4-6-11)10-12-7-2-3-8-13(12)15/h2-3,7-8,11H,4-6,9-10H2,1H3. The molecule has 0 bridgehead atoms. The average molecular weight is 296 g/mol. The number of nitrogens with zero attached hydrogens (tertiary/aromatic N) is 1. The van der Waals surface area contributed by atoms with Crippen molar-refractivity contribution in [1.82, 2.24) is 4.90 Å². The normalized spacial score (nSPS) is 15.4. The van der Waals surface area contributed by atoms with Gasteiger partial charge in [-0.05, 0) is 30.4 Å². The number of rotatable bonds is 4. The molecular weight excluding hydrogens is 278 g/mol. The number of amides is 1. The molecule has 1 aliphatic carbocycles. The van der Waals surface area contributed by atoms with Crippen LogP contribution < -0.4 is 0 Å². The lowest BCUT2D eigenvalue weighted by atomic mass is 9.83. The van der Waals surface area contributed by atoms with Crippen LogP contribution in [-0.4, -0.2) is 17.9 Å². The number of benzene rings is 1. The van der Waals surface area contributed by atoms with Crippen LogP contribution in [-0.2, 0) is 11.3 Å². The minimum atomic E-state index is 0.269. The molecule has 17 heavy (non-hydrogen) atoms. The molecule has 3 heteroatoms. The Morgan fingerprint density at radius 1 is 1.41 bits per heavy atom. The smallest absolute Gasteiger partial charge is 0.222 e. The van der Waals surface area contributed by atoms with Crippen molar-refractivity contribution in [3.63, 3.8) is 0 Å². The van der Waals surface area contributed by atoms with E-state index in [4.69, 9.17) is 0 Å². The van der Waals surface area contributed by atoms with Crippen molar-refractivity contribution < 1.29 is 4.79 Å². The highest BCUT2D eigenvalue weighted by atomic mass is 79.9. The van der Waals surface area contributed by atoms with E-state index in [0.29, 0.717) is 12.5 Å². The first-order valence-corrected chi connectivity index (χ1v) is 6.93. The summed E-state index contributed by atoms with van der Waals surface area (Å²) in [6.07, 6.45) is 4.48. The van der Waals surface area contributed by atoms with Gasteiger partial charge < -0.3 is 4.90 Å². The fraction of sp³-hybridized carbons (Fsp3) is 0.500. The quantitative estimate of drug-likeness (QED) is 0.831. The zero-order valence-electron chi connectivity index (χ0n) is 10.2. The van der Waals surface area contributed by atoms with Gasteiger partial charge >= 0.3 is 0 Å². The Morgan fingerprint density at radius 2 is 2.12 bits per heavy atom. The summed E-state index contributed by atoms with van der Waals surface area (Å²) in [5.41, 5.74) is 1.16. The molecule has 2 rings (SSSR count). The van der Waals surface area contributed by atoms with Crippen LogP contribution >= 0.6 is 15.9 Å². The van der Waals surface area contributed by atoms with E-state index in [2.05, 4.69) is 22.0 Å². The Balaban J connectivity index is 1.89. The van der Waals surface area contributed by atoms with E-state index in [1.165, 1.54) is 19.3 Å². The van der Waals surface area contributed by atoms with Crippen molar-refractivity contribution in [1.29, 1.82) is 0 Å². The van der Waals surface area contributed by atoms with Gasteiger partial charge in [-0.1, -0.05) is 40.5 Å². The minimum Gasteiger partial charge on any atom is -0.341 e. The molecule has 0 N–H and O–H groups in total. The first-order chi connectivity index (χ1) is 8.16. The molecular formula is C14H18BrNO. The highest BCUT2D eigenvalue weighted by molar-refractivity contribution is 9.10. The molecule has 1 saturated carbocycles. The SMILES string of the molecule is CN(Cc1ccccc1Br)C(=O)CC1CCC1. The maximum absolute atomic E-state index is 12.0. The minimum absolute atomic E-state index is 0.269. The van der Waals surface area contributed by atoms with Crippen molar-refractivity contribution in [3.05, 3.63) is 34.3 Å². The summed E-state index contributed by atoms with van der Waals surface area (Å²) in [7, 11) is 1.89. The number of hydrogen-bond donors (Lipinski definition) is 0. The topological polar surface area (TPSA) is 20.3 Å². The fourth-order valence-electron chi connectivity index (χ4n) is 2.07. The van der Waals surface area contributed by atoms with E-state index in [1.54, 1.807) is 0 Å². The Bertz CT molecular complexity index is 401. The maximum atomic E-state index is 12.0. The predicted octanol–water partition coefficient (Wildman–Crippen LogP) is 3.60. The van der Waals surface area contributed by atoms with Gasteiger partial charge in [0.1, 0.15) is 0 Å². The lowest BCUT2D eigenvalue weighted by molar-refractivity contribution is -0.132. The second kappa shape index (κ2) is 5.67. The van der Waals surface area contributed by atoms with Crippen molar-refractivity contribution in [2.75, 3.05) is 7.05 Å². The summed E-state index contributed by atoms with van der Waals surface area (Å²) < 4.78 is 1.07. The molecule has 0 radical (unpaired) electrons. The second-order valence-electron chi connectivity index (χ2n) is 4.84. The molecule has 1 amide bonds. The third-order valence-corrected chi connectivity index (χ3v) is 4.25. The van der Waals surface area contributed by atoms with Crippen LogP contribution in [0.2, 0.25) is 0 Å². The highest BCUT2D eigenvalue weighted by Gasteiger charge is 2.22. The van der Waals surface area contributed by atoms with Crippen LogP contribution in [0.15, 0.2) is 28.7 Å². The zero-order chi connectivity index (χ0) is 12.3. The van der Waals surface area contributed by atoms with Gasteiger partial charge in [0.25, 0.3) is 0 Å². The molecule has 0 saturated heterocycles. The number of halogens is 1. The van der Waals surface area contributed by atoms with Crippen molar-refractivity contribution in [2.45, 2.75) is 32.2 Å². The molecule has 1 aliphatic rings. The Hall–Kier alpha value is -0.830. The molecule has 0 aromatic heterocycles. The van der Waals surface area contributed by atoms with Gasteiger partial charge in [0, 0.05) is 24.5 Å². The van der Waals surface area contributed by atoms with Crippen molar-refractivity contribution in [2.24, 2.45) is 5.92 Å². The molecule has 92 valence electrons. The summed E-state index contributed by atoms with van der Waals surface area (Å²) in [5.74, 6) is 0.912. The van der Waals surface area contributed by atoms with Crippen LogP contribution in [0.25, 0.3) is 0 Å². The van der Waals surface area contributed by atoms with E-state index in [-0.39, 0.29) is 5.91 Å². The molecule has 2 nitrogen and oxygen atoms in total.